The molecule has 0 aromatic carbocycles. The molecule has 0 spiro atoms. The molecular weight excluding hydrogens is 162 g/mol. The summed E-state index contributed by atoms with van der Waals surface area (Å²) < 4.78 is 0. The number of hydrogen-bond donors (Lipinski definition) is 1. The van der Waals surface area contributed by atoms with Gasteiger partial charge in [0.25, 0.3) is 0 Å². The molecule has 1 aliphatic rings. The van der Waals surface area contributed by atoms with Crippen LogP contribution in [0.5, 0.6) is 0 Å². The standard InChI is InChI=1S/C10H15N3/c1-7-5-9(8-3-2-4-8)13-10(6-11)12-7/h5,8H,2-4,6,11H2,1H3. The summed E-state index contributed by atoms with van der Waals surface area (Å²) >= 11 is 0. The minimum atomic E-state index is 0.446. The third-order valence-electron chi connectivity index (χ3n) is 2.63. The van der Waals surface area contributed by atoms with Gasteiger partial charge in [0.15, 0.2) is 0 Å². The zero-order chi connectivity index (χ0) is 9.26. The highest BCUT2D eigenvalue weighted by Gasteiger charge is 2.21. The minimum absolute atomic E-state index is 0.446. The van der Waals surface area contributed by atoms with E-state index < -0.39 is 0 Å². The summed E-state index contributed by atoms with van der Waals surface area (Å²) in [4.78, 5) is 8.69. The molecule has 3 nitrogen and oxygen atoms in total. The molecule has 70 valence electrons. The van der Waals surface area contributed by atoms with Crippen LogP contribution in [0.4, 0.5) is 0 Å². The lowest BCUT2D eigenvalue weighted by molar-refractivity contribution is 0.409. The van der Waals surface area contributed by atoms with Crippen molar-refractivity contribution < 1.29 is 0 Å². The van der Waals surface area contributed by atoms with Crippen molar-refractivity contribution >= 4 is 0 Å². The first-order valence-corrected chi connectivity index (χ1v) is 4.84. The Morgan fingerprint density at radius 2 is 2.23 bits per heavy atom. The largest absolute Gasteiger partial charge is 0.324 e. The lowest BCUT2D eigenvalue weighted by atomic mass is 9.82. The second-order valence-electron chi connectivity index (χ2n) is 3.68. The van der Waals surface area contributed by atoms with Crippen LogP contribution in [0.15, 0.2) is 6.07 Å². The predicted octanol–water partition coefficient (Wildman–Crippen LogP) is 1.51. The molecule has 3 heteroatoms. The van der Waals surface area contributed by atoms with Crippen molar-refractivity contribution in [1.29, 1.82) is 0 Å². The Balaban J connectivity index is 2.28. The molecular formula is C10H15N3. The number of aryl methyl sites for hydroxylation is 1. The van der Waals surface area contributed by atoms with Gasteiger partial charge in [-0.2, -0.15) is 0 Å². The van der Waals surface area contributed by atoms with Crippen LogP contribution in [-0.4, -0.2) is 9.97 Å². The van der Waals surface area contributed by atoms with Gasteiger partial charge in [0.05, 0.1) is 6.54 Å². The van der Waals surface area contributed by atoms with E-state index in [4.69, 9.17) is 5.73 Å². The molecule has 1 aromatic heterocycles. The van der Waals surface area contributed by atoms with Crippen molar-refractivity contribution in [2.24, 2.45) is 5.73 Å². The molecule has 0 amide bonds. The minimum Gasteiger partial charge on any atom is -0.324 e. The first-order chi connectivity index (χ1) is 6.29. The molecule has 0 bridgehead atoms. The molecule has 0 atom stereocenters. The molecule has 1 heterocycles. The maximum atomic E-state index is 5.52. The van der Waals surface area contributed by atoms with E-state index in [0.29, 0.717) is 12.5 Å². The van der Waals surface area contributed by atoms with E-state index in [9.17, 15) is 0 Å². The van der Waals surface area contributed by atoms with Crippen molar-refractivity contribution in [3.63, 3.8) is 0 Å². The topological polar surface area (TPSA) is 51.8 Å². The molecule has 1 aromatic rings. The lowest BCUT2D eigenvalue weighted by Gasteiger charge is -2.25. The van der Waals surface area contributed by atoms with Gasteiger partial charge in [-0.15, -0.1) is 0 Å². The fourth-order valence-corrected chi connectivity index (χ4v) is 1.66. The van der Waals surface area contributed by atoms with Crippen LogP contribution in [-0.2, 0) is 6.54 Å². The second-order valence-corrected chi connectivity index (χ2v) is 3.68. The van der Waals surface area contributed by atoms with E-state index >= 15 is 0 Å². The van der Waals surface area contributed by atoms with Crippen LogP contribution < -0.4 is 5.73 Å². The van der Waals surface area contributed by atoms with Crippen LogP contribution in [0.1, 0.15) is 42.4 Å². The highest BCUT2D eigenvalue weighted by atomic mass is 14.9. The van der Waals surface area contributed by atoms with Crippen molar-refractivity contribution in [3.8, 4) is 0 Å². The van der Waals surface area contributed by atoms with Gasteiger partial charge in [-0.05, 0) is 25.8 Å². The average molecular weight is 177 g/mol. The molecule has 0 radical (unpaired) electrons. The lowest BCUT2D eigenvalue weighted by Crippen LogP contribution is -2.14. The van der Waals surface area contributed by atoms with Gasteiger partial charge in [0, 0.05) is 17.3 Å². The maximum absolute atomic E-state index is 5.52. The van der Waals surface area contributed by atoms with E-state index in [1.54, 1.807) is 0 Å². The Bertz CT molecular complexity index is 305. The van der Waals surface area contributed by atoms with Gasteiger partial charge >= 0.3 is 0 Å². The summed E-state index contributed by atoms with van der Waals surface area (Å²) in [5.74, 6) is 1.45. The van der Waals surface area contributed by atoms with Gasteiger partial charge in [-0.3, -0.25) is 0 Å². The van der Waals surface area contributed by atoms with Crippen molar-refractivity contribution in [3.05, 3.63) is 23.3 Å². The molecule has 1 aliphatic carbocycles. The summed E-state index contributed by atoms with van der Waals surface area (Å²) in [6.07, 6.45) is 3.90. The normalized spacial score (nSPS) is 17.1. The van der Waals surface area contributed by atoms with Gasteiger partial charge in [-0.1, -0.05) is 6.42 Å². The maximum Gasteiger partial charge on any atom is 0.142 e. The van der Waals surface area contributed by atoms with Crippen LogP contribution in [0.3, 0.4) is 0 Å². The highest BCUT2D eigenvalue weighted by Crippen LogP contribution is 2.35. The van der Waals surface area contributed by atoms with Crippen LogP contribution in [0, 0.1) is 6.92 Å². The summed E-state index contributed by atoms with van der Waals surface area (Å²) in [6, 6.07) is 2.09. The first-order valence-electron chi connectivity index (χ1n) is 4.84. The van der Waals surface area contributed by atoms with E-state index in [0.717, 1.165) is 11.5 Å². The molecule has 0 saturated heterocycles. The smallest absolute Gasteiger partial charge is 0.142 e. The third kappa shape index (κ3) is 1.70. The zero-order valence-electron chi connectivity index (χ0n) is 7.95. The molecule has 1 saturated carbocycles. The SMILES string of the molecule is Cc1cc(C2CCC2)nc(CN)n1. The molecule has 13 heavy (non-hydrogen) atoms. The van der Waals surface area contributed by atoms with Gasteiger partial charge in [0.2, 0.25) is 0 Å². The number of hydrogen-bond acceptors (Lipinski definition) is 3. The number of nitrogens with zero attached hydrogens (tertiary/aromatic N) is 2. The summed E-state index contributed by atoms with van der Waals surface area (Å²) in [7, 11) is 0. The first kappa shape index (κ1) is 8.63. The summed E-state index contributed by atoms with van der Waals surface area (Å²) in [6.45, 7) is 2.45. The quantitative estimate of drug-likeness (QED) is 0.745. The van der Waals surface area contributed by atoms with E-state index in [2.05, 4.69) is 16.0 Å². The Morgan fingerprint density at radius 1 is 1.46 bits per heavy atom. The highest BCUT2D eigenvalue weighted by molar-refractivity contribution is 5.16. The van der Waals surface area contributed by atoms with Gasteiger partial charge in [0.1, 0.15) is 5.82 Å². The van der Waals surface area contributed by atoms with Crippen LogP contribution >= 0.6 is 0 Å². The van der Waals surface area contributed by atoms with Crippen molar-refractivity contribution in [1.82, 2.24) is 9.97 Å². The van der Waals surface area contributed by atoms with Gasteiger partial charge < -0.3 is 5.73 Å². The molecule has 2 N–H and O–H groups in total. The van der Waals surface area contributed by atoms with Crippen molar-refractivity contribution in [2.75, 3.05) is 0 Å². The Labute approximate surface area is 78.4 Å². The van der Waals surface area contributed by atoms with Crippen LogP contribution in [0.2, 0.25) is 0 Å². The zero-order valence-corrected chi connectivity index (χ0v) is 7.95. The predicted molar refractivity (Wildman–Crippen MR) is 51.3 cm³/mol. The molecule has 2 rings (SSSR count). The average Bonchev–Trinajstić information content (AvgIpc) is 2.00. The van der Waals surface area contributed by atoms with Crippen molar-refractivity contribution in [2.45, 2.75) is 38.6 Å². The second kappa shape index (κ2) is 3.42. The number of aromatic nitrogens is 2. The molecule has 0 unspecified atom stereocenters. The summed E-state index contributed by atoms with van der Waals surface area (Å²) in [5.41, 5.74) is 7.76. The number of nitrogens with two attached hydrogens (primary N) is 1. The van der Waals surface area contributed by atoms with E-state index in [1.165, 1.54) is 25.0 Å². The molecule has 1 fully saturated rings. The van der Waals surface area contributed by atoms with Gasteiger partial charge in [-0.25, -0.2) is 9.97 Å². The number of rotatable bonds is 2. The Kier molecular flexibility index (Phi) is 2.27. The van der Waals surface area contributed by atoms with E-state index in [1.807, 2.05) is 6.92 Å². The fraction of sp³-hybridized carbons (Fsp3) is 0.600. The summed E-state index contributed by atoms with van der Waals surface area (Å²) in [5, 5.41) is 0. The van der Waals surface area contributed by atoms with Crippen LogP contribution in [0.25, 0.3) is 0 Å². The fourth-order valence-electron chi connectivity index (χ4n) is 1.66. The third-order valence-corrected chi connectivity index (χ3v) is 2.63. The molecule has 0 aliphatic heterocycles. The Hall–Kier alpha value is -0.960. The monoisotopic (exact) mass is 177 g/mol. The Morgan fingerprint density at radius 3 is 2.77 bits per heavy atom. The van der Waals surface area contributed by atoms with E-state index in [-0.39, 0.29) is 0 Å².